The molecule has 56 valence electrons. The van der Waals surface area contributed by atoms with Gasteiger partial charge in [-0.25, -0.2) is 0 Å². The monoisotopic (exact) mass is 143 g/mol. The predicted molar refractivity (Wildman–Crippen MR) is 25.5 cm³/mol. The van der Waals surface area contributed by atoms with Crippen molar-refractivity contribution in [3.05, 3.63) is 0 Å². The highest BCUT2D eigenvalue weighted by molar-refractivity contribution is 4.77. The number of hydrogen-bond acceptors (Lipinski definition) is 2. The minimum atomic E-state index is -4.72. The fourth-order valence-electron chi connectivity index (χ4n) is 0.200. The van der Waals surface area contributed by atoms with E-state index in [1.165, 1.54) is 0 Å². The van der Waals surface area contributed by atoms with E-state index in [1.54, 1.807) is 0 Å². The summed E-state index contributed by atoms with van der Waals surface area (Å²) in [7, 11) is 0. The Bertz CT molecular complexity index is 98.5. The van der Waals surface area contributed by atoms with Gasteiger partial charge in [-0.1, -0.05) is 6.92 Å². The van der Waals surface area contributed by atoms with Crippen molar-refractivity contribution in [3.8, 4) is 0 Å². The predicted octanol–water partition coefficient (Wildman–Crippen LogP) is 0.606. The van der Waals surface area contributed by atoms with E-state index < -0.39 is 18.3 Å². The maximum Gasteiger partial charge on any atom is 0.430 e. The van der Waals surface area contributed by atoms with Crippen molar-refractivity contribution in [2.24, 2.45) is 5.73 Å². The fraction of sp³-hybridized carbons (Fsp3) is 1.00. The molecule has 2 nitrogen and oxygen atoms in total. The molecule has 0 heterocycles. The van der Waals surface area contributed by atoms with E-state index in [0.717, 1.165) is 6.92 Å². The third-order valence-electron chi connectivity index (χ3n) is 1.03. The number of halogens is 3. The minimum absolute atomic E-state index is 0.531. The SMILES string of the molecule is CCC(N)(O)C(F)(F)F. The quantitative estimate of drug-likeness (QED) is 0.528. The molecule has 0 aromatic heterocycles. The first-order valence-electron chi connectivity index (χ1n) is 2.39. The van der Waals surface area contributed by atoms with Gasteiger partial charge in [0, 0.05) is 0 Å². The number of alkyl halides is 3. The van der Waals surface area contributed by atoms with E-state index in [0.29, 0.717) is 0 Å². The van der Waals surface area contributed by atoms with Crippen LogP contribution in [0.1, 0.15) is 13.3 Å². The third kappa shape index (κ3) is 1.83. The molecule has 0 saturated carbocycles. The zero-order valence-electron chi connectivity index (χ0n) is 4.87. The van der Waals surface area contributed by atoms with Crippen molar-refractivity contribution in [2.75, 3.05) is 0 Å². The normalized spacial score (nSPS) is 19.3. The van der Waals surface area contributed by atoms with E-state index in [2.05, 4.69) is 5.73 Å². The van der Waals surface area contributed by atoms with E-state index in [9.17, 15) is 13.2 Å². The van der Waals surface area contributed by atoms with Crippen molar-refractivity contribution >= 4 is 0 Å². The molecule has 0 saturated heterocycles. The number of aliphatic hydroxyl groups is 1. The summed E-state index contributed by atoms with van der Waals surface area (Å²) in [6.07, 6.45) is -5.25. The Kier molecular flexibility index (Phi) is 2.08. The first-order chi connectivity index (χ1) is 3.81. The highest BCUT2D eigenvalue weighted by Crippen LogP contribution is 2.27. The van der Waals surface area contributed by atoms with Gasteiger partial charge < -0.3 is 5.11 Å². The highest BCUT2D eigenvalue weighted by Gasteiger charge is 2.49. The molecule has 1 atom stereocenters. The molecule has 0 bridgehead atoms. The van der Waals surface area contributed by atoms with Gasteiger partial charge in [0.2, 0.25) is 5.72 Å². The standard InChI is InChI=1S/C4H8F3NO/c1-2-3(8,9)4(5,6)7/h9H,2,8H2,1H3. The molecule has 0 aromatic rings. The van der Waals surface area contributed by atoms with Crippen LogP contribution in [-0.4, -0.2) is 17.0 Å². The maximum absolute atomic E-state index is 11.5. The van der Waals surface area contributed by atoms with E-state index in [-0.39, 0.29) is 0 Å². The number of hydrogen-bond donors (Lipinski definition) is 2. The average molecular weight is 143 g/mol. The second-order valence-corrected chi connectivity index (χ2v) is 1.78. The summed E-state index contributed by atoms with van der Waals surface area (Å²) in [4.78, 5) is 0. The van der Waals surface area contributed by atoms with Gasteiger partial charge >= 0.3 is 6.18 Å². The lowest BCUT2D eigenvalue weighted by Gasteiger charge is -2.23. The van der Waals surface area contributed by atoms with Crippen LogP contribution in [0.3, 0.4) is 0 Å². The summed E-state index contributed by atoms with van der Waals surface area (Å²) in [5.41, 5.74) is 1.40. The molecule has 0 spiro atoms. The number of rotatable bonds is 1. The fourth-order valence-corrected chi connectivity index (χ4v) is 0.200. The molecule has 1 unspecified atom stereocenters. The highest BCUT2D eigenvalue weighted by atomic mass is 19.4. The largest absolute Gasteiger partial charge is 0.430 e. The van der Waals surface area contributed by atoms with Crippen molar-refractivity contribution in [1.29, 1.82) is 0 Å². The van der Waals surface area contributed by atoms with Crippen molar-refractivity contribution in [3.63, 3.8) is 0 Å². The summed E-state index contributed by atoms with van der Waals surface area (Å²) in [5, 5.41) is 8.31. The first-order valence-corrected chi connectivity index (χ1v) is 2.39. The lowest BCUT2D eigenvalue weighted by atomic mass is 10.2. The Balaban J connectivity index is 4.14. The van der Waals surface area contributed by atoms with Gasteiger partial charge in [0.25, 0.3) is 0 Å². The van der Waals surface area contributed by atoms with Crippen LogP contribution in [0.2, 0.25) is 0 Å². The van der Waals surface area contributed by atoms with Gasteiger partial charge in [-0.3, -0.25) is 5.73 Å². The summed E-state index contributed by atoms with van der Waals surface area (Å²) in [6, 6.07) is 0. The van der Waals surface area contributed by atoms with Crippen molar-refractivity contribution in [2.45, 2.75) is 25.2 Å². The van der Waals surface area contributed by atoms with Crippen LogP contribution in [0.15, 0.2) is 0 Å². The van der Waals surface area contributed by atoms with E-state index in [1.807, 2.05) is 0 Å². The van der Waals surface area contributed by atoms with Crippen molar-refractivity contribution in [1.82, 2.24) is 0 Å². The lowest BCUT2D eigenvalue weighted by molar-refractivity contribution is -0.258. The zero-order valence-corrected chi connectivity index (χ0v) is 4.87. The Morgan fingerprint density at radius 1 is 1.44 bits per heavy atom. The molecule has 0 aliphatic carbocycles. The van der Waals surface area contributed by atoms with Gasteiger partial charge in [-0.2, -0.15) is 13.2 Å². The molecule has 3 N–H and O–H groups in total. The van der Waals surface area contributed by atoms with Gasteiger partial charge in [-0.05, 0) is 6.42 Å². The van der Waals surface area contributed by atoms with Gasteiger partial charge in [-0.15, -0.1) is 0 Å². The van der Waals surface area contributed by atoms with E-state index in [4.69, 9.17) is 5.11 Å². The van der Waals surface area contributed by atoms with Gasteiger partial charge in [0.15, 0.2) is 0 Å². The molecule has 0 rings (SSSR count). The Morgan fingerprint density at radius 3 is 1.78 bits per heavy atom. The Morgan fingerprint density at radius 2 is 1.78 bits per heavy atom. The molecular weight excluding hydrogens is 135 g/mol. The smallest absolute Gasteiger partial charge is 0.368 e. The molecule has 0 fully saturated rings. The third-order valence-corrected chi connectivity index (χ3v) is 1.03. The number of nitrogens with two attached hydrogens (primary N) is 1. The second-order valence-electron chi connectivity index (χ2n) is 1.78. The topological polar surface area (TPSA) is 46.2 Å². The maximum atomic E-state index is 11.5. The lowest BCUT2D eigenvalue weighted by Crippen LogP contribution is -2.52. The van der Waals surface area contributed by atoms with Crippen LogP contribution in [-0.2, 0) is 0 Å². The molecule has 0 aliphatic rings. The summed E-state index contributed by atoms with van der Waals surface area (Å²) in [6.45, 7) is 1.16. The molecule has 0 radical (unpaired) electrons. The Hall–Kier alpha value is -0.290. The van der Waals surface area contributed by atoms with Crippen LogP contribution >= 0.6 is 0 Å². The Labute approximate surface area is 50.5 Å². The molecule has 0 amide bonds. The van der Waals surface area contributed by atoms with Crippen LogP contribution in [0.25, 0.3) is 0 Å². The van der Waals surface area contributed by atoms with Crippen LogP contribution in [0, 0.1) is 0 Å². The summed E-state index contributed by atoms with van der Waals surface area (Å²) >= 11 is 0. The van der Waals surface area contributed by atoms with Crippen molar-refractivity contribution < 1.29 is 18.3 Å². The first kappa shape index (κ1) is 8.71. The van der Waals surface area contributed by atoms with Crippen LogP contribution in [0.5, 0.6) is 0 Å². The van der Waals surface area contributed by atoms with Gasteiger partial charge in [0.05, 0.1) is 0 Å². The molecule has 0 aliphatic heterocycles. The van der Waals surface area contributed by atoms with Gasteiger partial charge in [0.1, 0.15) is 0 Å². The molecule has 5 heteroatoms. The molecule has 9 heavy (non-hydrogen) atoms. The summed E-state index contributed by atoms with van der Waals surface area (Å²) in [5.74, 6) is 0. The molecule has 0 aromatic carbocycles. The minimum Gasteiger partial charge on any atom is -0.368 e. The summed E-state index contributed by atoms with van der Waals surface area (Å²) < 4.78 is 34.4. The zero-order chi connectivity index (χ0) is 7.71. The average Bonchev–Trinajstić information content (AvgIpc) is 1.64. The van der Waals surface area contributed by atoms with Crippen LogP contribution < -0.4 is 5.73 Å². The molecular formula is C4H8F3NO. The second kappa shape index (κ2) is 2.15. The van der Waals surface area contributed by atoms with E-state index >= 15 is 0 Å². The van der Waals surface area contributed by atoms with Crippen LogP contribution in [0.4, 0.5) is 13.2 Å².